The van der Waals surface area contributed by atoms with Crippen molar-refractivity contribution in [3.8, 4) is 11.4 Å². The zero-order valence-corrected chi connectivity index (χ0v) is 41.8. The lowest BCUT2D eigenvalue weighted by Crippen LogP contribution is -2.44. The molecule has 5 amide bonds. The van der Waals surface area contributed by atoms with Gasteiger partial charge in [-0.1, -0.05) is 50.6 Å². The predicted molar refractivity (Wildman–Crippen MR) is 265 cm³/mol. The van der Waals surface area contributed by atoms with Crippen LogP contribution >= 0.6 is 0 Å². The Bertz CT molecular complexity index is 3000. The average molecular weight is 1020 g/mol. The number of carbonyl (C=O) groups is 8. The number of imide groups is 1. The first-order chi connectivity index (χ1) is 35.4. The summed E-state index contributed by atoms with van der Waals surface area (Å²) >= 11 is 0. The number of aryl methyl sites for hydroxylation is 1. The van der Waals surface area contributed by atoms with Crippen LogP contribution in [-0.2, 0) is 74.7 Å². The number of rotatable bonds is 23. The highest BCUT2D eigenvalue weighted by molar-refractivity contribution is 6.03. The average Bonchev–Trinajstić information content (AvgIpc) is 3.87. The molecular formula is C54H62FN7O12. The van der Waals surface area contributed by atoms with Crippen LogP contribution in [0.2, 0.25) is 0 Å². The van der Waals surface area contributed by atoms with Crippen molar-refractivity contribution >= 4 is 58.0 Å². The molecule has 6 N–H and O–H groups in total. The quantitative estimate of drug-likeness (QED) is 0.0238. The summed E-state index contributed by atoms with van der Waals surface area (Å²) in [6, 6.07) is 10.3. The minimum atomic E-state index is -2.04. The molecule has 4 aromatic rings. The number of aromatic nitrogens is 2. The van der Waals surface area contributed by atoms with Gasteiger partial charge in [-0.2, -0.15) is 0 Å². The Morgan fingerprint density at radius 1 is 0.919 bits per heavy atom. The van der Waals surface area contributed by atoms with E-state index in [2.05, 4.69) is 21.3 Å². The highest BCUT2D eigenvalue weighted by Crippen LogP contribution is 2.46. The molecule has 3 aliphatic heterocycles. The second-order valence-electron chi connectivity index (χ2n) is 19.8. The molecule has 19 nitrogen and oxygen atoms in total. The van der Waals surface area contributed by atoms with Crippen molar-refractivity contribution < 1.29 is 57.7 Å². The number of pyridine rings is 2. The van der Waals surface area contributed by atoms with Gasteiger partial charge < -0.3 is 35.5 Å². The lowest BCUT2D eigenvalue weighted by Gasteiger charge is -2.31. The fourth-order valence-corrected chi connectivity index (χ4v) is 10.5. The molecule has 74 heavy (non-hydrogen) atoms. The SMILES string of the molecule is CC[C@@]1(O)C(=O)OCc2c1cc1n(c2=O)Cc2c-1nc1cc(F)c(C)c3c1c2[C@@H](NC(O)CNC(=O)CCC(=O)[C@H](Cc1ccccc1)NC(=O)CCC(=O)CNC(=O)CCCCCN1C(=O)CC(C)C1=O)CC3. The molecule has 4 aliphatic rings. The van der Waals surface area contributed by atoms with Gasteiger partial charge in [0.05, 0.1) is 48.1 Å². The van der Waals surface area contributed by atoms with E-state index in [0.717, 1.165) is 11.1 Å². The van der Waals surface area contributed by atoms with Gasteiger partial charge >= 0.3 is 5.97 Å². The van der Waals surface area contributed by atoms with Crippen LogP contribution in [0.1, 0.15) is 129 Å². The molecule has 20 heteroatoms. The normalized spacial score (nSPS) is 19.3. The number of ether oxygens (including phenoxy) is 1. The number of hydrogen-bond acceptors (Lipinski definition) is 14. The van der Waals surface area contributed by atoms with E-state index in [1.807, 2.05) is 0 Å². The van der Waals surface area contributed by atoms with Crippen molar-refractivity contribution in [1.29, 1.82) is 0 Å². The van der Waals surface area contributed by atoms with E-state index < -0.39 is 58.9 Å². The number of cyclic esters (lactones) is 1. The van der Waals surface area contributed by atoms with Gasteiger partial charge in [0.15, 0.2) is 17.2 Å². The van der Waals surface area contributed by atoms with E-state index >= 15 is 4.39 Å². The second-order valence-corrected chi connectivity index (χ2v) is 19.8. The monoisotopic (exact) mass is 1020 g/mol. The van der Waals surface area contributed by atoms with Gasteiger partial charge in [-0.05, 0) is 73.8 Å². The number of nitrogens with one attached hydrogen (secondary N) is 4. The molecule has 8 rings (SSSR count). The number of carbonyl (C=O) groups excluding carboxylic acids is 8. The highest BCUT2D eigenvalue weighted by Gasteiger charge is 2.46. The third kappa shape index (κ3) is 11.2. The minimum Gasteiger partial charge on any atom is -0.458 e. The van der Waals surface area contributed by atoms with Crippen molar-refractivity contribution in [2.45, 2.75) is 141 Å². The van der Waals surface area contributed by atoms with Crippen LogP contribution in [0.25, 0.3) is 22.3 Å². The maximum Gasteiger partial charge on any atom is 0.343 e. The molecule has 1 fully saturated rings. The topological polar surface area (TPSA) is 272 Å². The lowest BCUT2D eigenvalue weighted by atomic mass is 9.81. The Kier molecular flexibility index (Phi) is 16.3. The van der Waals surface area contributed by atoms with Gasteiger partial charge in [0, 0.05) is 79.6 Å². The Hall–Kier alpha value is -7.03. The van der Waals surface area contributed by atoms with Gasteiger partial charge in [-0.25, -0.2) is 14.2 Å². The van der Waals surface area contributed by atoms with Crippen molar-refractivity contribution in [1.82, 2.24) is 35.7 Å². The summed E-state index contributed by atoms with van der Waals surface area (Å²) in [5.41, 5.74) is 2.16. The van der Waals surface area contributed by atoms with Crippen molar-refractivity contribution in [2.75, 3.05) is 19.6 Å². The van der Waals surface area contributed by atoms with Gasteiger partial charge in [0.1, 0.15) is 18.7 Å². The Morgan fingerprint density at radius 2 is 1.66 bits per heavy atom. The number of nitrogens with zero attached hydrogens (tertiary/aromatic N) is 3. The number of benzene rings is 2. The summed E-state index contributed by atoms with van der Waals surface area (Å²) in [7, 11) is 0. The van der Waals surface area contributed by atoms with Gasteiger partial charge in [-0.3, -0.25) is 48.6 Å². The number of esters is 1. The van der Waals surface area contributed by atoms with E-state index in [1.54, 1.807) is 57.2 Å². The van der Waals surface area contributed by atoms with E-state index in [0.29, 0.717) is 77.6 Å². The van der Waals surface area contributed by atoms with Crippen LogP contribution in [0.4, 0.5) is 4.39 Å². The minimum absolute atomic E-state index is 0.0412. The van der Waals surface area contributed by atoms with Crippen molar-refractivity contribution in [3.05, 3.63) is 97.6 Å². The Balaban J connectivity index is 0.838. The van der Waals surface area contributed by atoms with E-state index in [9.17, 15) is 53.4 Å². The fraction of sp³-hybridized carbons (Fsp3) is 0.481. The first-order valence-corrected chi connectivity index (χ1v) is 25.4. The number of amides is 5. The number of hydrogen-bond donors (Lipinski definition) is 6. The van der Waals surface area contributed by atoms with Crippen LogP contribution in [0.5, 0.6) is 0 Å². The largest absolute Gasteiger partial charge is 0.458 e. The van der Waals surface area contributed by atoms with Gasteiger partial charge in [0.2, 0.25) is 29.5 Å². The zero-order valence-electron chi connectivity index (χ0n) is 41.8. The molecular weight excluding hydrogens is 958 g/mol. The first-order valence-electron chi connectivity index (χ1n) is 25.4. The molecule has 5 atom stereocenters. The summed E-state index contributed by atoms with van der Waals surface area (Å²) in [5.74, 6) is -4.22. The summed E-state index contributed by atoms with van der Waals surface area (Å²) in [5, 5.41) is 34.6. The number of aliphatic hydroxyl groups is 2. The molecule has 0 spiro atoms. The number of likely N-dealkylation sites (tertiary alicyclic amines) is 1. The molecule has 5 heterocycles. The number of fused-ring (bicyclic) bond motifs is 5. The Morgan fingerprint density at radius 3 is 2.39 bits per heavy atom. The maximum absolute atomic E-state index is 15.4. The second kappa shape index (κ2) is 22.6. The molecule has 1 aliphatic carbocycles. The molecule has 0 bridgehead atoms. The first kappa shape index (κ1) is 53.3. The van der Waals surface area contributed by atoms with Crippen LogP contribution in [0.3, 0.4) is 0 Å². The summed E-state index contributed by atoms with van der Waals surface area (Å²) in [6.07, 6.45) is 0.759. The maximum atomic E-state index is 15.4. The van der Waals surface area contributed by atoms with Crippen molar-refractivity contribution in [2.24, 2.45) is 5.92 Å². The van der Waals surface area contributed by atoms with Gasteiger partial charge in [-0.15, -0.1) is 0 Å². The molecule has 0 saturated carbocycles. The number of unbranched alkanes of at least 4 members (excludes halogenated alkanes) is 2. The zero-order chi connectivity index (χ0) is 53.0. The molecule has 0 radical (unpaired) electrons. The van der Waals surface area contributed by atoms with Crippen LogP contribution in [0.15, 0.2) is 47.3 Å². The summed E-state index contributed by atoms with van der Waals surface area (Å²) in [6.45, 7) is 4.57. The van der Waals surface area contributed by atoms with Crippen molar-refractivity contribution in [3.63, 3.8) is 0 Å². The smallest absolute Gasteiger partial charge is 0.343 e. The van der Waals surface area contributed by atoms with Crippen LogP contribution < -0.4 is 26.8 Å². The third-order valence-electron chi connectivity index (χ3n) is 14.7. The fourth-order valence-electron chi connectivity index (χ4n) is 10.5. The molecule has 2 unspecified atom stereocenters. The standard InChI is InChI=1S/C54H62FN7O12/c1-4-54(73)36-23-41-50-34(27-62(41)52(71)35(36)28-74-53(54)72)49-38(16-15-33-30(3)37(55)24-40(60-50)48(33)49)58-46(68)26-57-44(66)19-17-42(64)39(22-31-11-7-5-8-12-31)59-45(67)18-14-32(63)25-56-43(65)13-9-6-10-20-61-47(69)21-29(2)51(61)70/h5,7-8,11-12,23-24,29,38-39,46,58,68,73H,4,6,9-10,13-22,25-28H2,1-3H3,(H,56,65)(H,57,66)(H,59,67)/t29?,38-,39-,46?,54-/m0/s1. The third-order valence-corrected chi connectivity index (χ3v) is 14.7. The summed E-state index contributed by atoms with van der Waals surface area (Å²) < 4.78 is 22.1. The molecule has 2 aromatic heterocycles. The number of ketones is 2. The lowest BCUT2D eigenvalue weighted by molar-refractivity contribution is -0.172. The predicted octanol–water partition coefficient (Wildman–Crippen LogP) is 3.04. The highest BCUT2D eigenvalue weighted by atomic mass is 19.1. The number of halogens is 1. The molecule has 1 saturated heterocycles. The Labute approximate surface area is 426 Å². The van der Waals surface area contributed by atoms with Crippen LogP contribution in [0, 0.1) is 18.7 Å². The summed E-state index contributed by atoms with van der Waals surface area (Å²) in [4.78, 5) is 122. The van der Waals surface area contributed by atoms with E-state index in [-0.39, 0.29) is 118 Å². The molecule has 392 valence electrons. The number of aliphatic hydroxyl groups excluding tert-OH is 1. The molecule has 2 aromatic carbocycles. The van der Waals surface area contributed by atoms with Gasteiger partial charge in [0.25, 0.3) is 5.56 Å². The van der Waals surface area contributed by atoms with Crippen LogP contribution in [-0.4, -0.2) is 104 Å². The van der Waals surface area contributed by atoms with E-state index in [4.69, 9.17) is 9.72 Å². The van der Waals surface area contributed by atoms with E-state index in [1.165, 1.54) is 15.5 Å². The number of Topliss-reactive ketones (excluding diaryl/α,β-unsaturated/α-hetero) is 2.